The molecule has 0 saturated heterocycles. The molecule has 0 aliphatic rings. The molecular weight excluding hydrogens is 186 g/mol. The molecular formula is C12H15N3. The zero-order valence-corrected chi connectivity index (χ0v) is 9.07. The second-order valence-corrected chi connectivity index (χ2v) is 3.67. The van der Waals surface area contributed by atoms with E-state index in [4.69, 9.17) is 5.73 Å². The lowest BCUT2D eigenvalue weighted by molar-refractivity contribution is 0.817. The van der Waals surface area contributed by atoms with Gasteiger partial charge in [-0.3, -0.25) is 4.98 Å². The molecule has 2 aromatic heterocycles. The van der Waals surface area contributed by atoms with Crippen LogP contribution in [0.2, 0.25) is 0 Å². The molecule has 0 fully saturated rings. The Labute approximate surface area is 89.6 Å². The van der Waals surface area contributed by atoms with Crippen LogP contribution in [0.3, 0.4) is 0 Å². The first-order chi connectivity index (χ1) is 7.24. The van der Waals surface area contributed by atoms with Crippen molar-refractivity contribution in [1.29, 1.82) is 0 Å². The molecule has 2 aromatic rings. The molecule has 0 aromatic carbocycles. The van der Waals surface area contributed by atoms with E-state index in [9.17, 15) is 0 Å². The van der Waals surface area contributed by atoms with Crippen molar-refractivity contribution in [2.75, 3.05) is 0 Å². The van der Waals surface area contributed by atoms with E-state index < -0.39 is 0 Å². The largest absolute Gasteiger partial charge is 0.352 e. The third-order valence-corrected chi connectivity index (χ3v) is 2.77. The molecule has 2 N–H and O–H groups in total. The van der Waals surface area contributed by atoms with Crippen LogP contribution in [0.4, 0.5) is 0 Å². The lowest BCUT2D eigenvalue weighted by atomic mass is 10.1. The van der Waals surface area contributed by atoms with Gasteiger partial charge in [0.25, 0.3) is 0 Å². The minimum absolute atomic E-state index is 0.577. The Morgan fingerprint density at radius 1 is 1.33 bits per heavy atom. The molecule has 2 rings (SSSR count). The number of nitrogens with zero attached hydrogens (tertiary/aromatic N) is 2. The number of aromatic nitrogens is 2. The molecule has 3 heteroatoms. The van der Waals surface area contributed by atoms with Crippen molar-refractivity contribution in [1.82, 2.24) is 9.55 Å². The summed E-state index contributed by atoms with van der Waals surface area (Å²) in [6, 6.07) is 4.03. The van der Waals surface area contributed by atoms with E-state index in [0.29, 0.717) is 6.54 Å². The Balaban J connectivity index is 2.55. The Morgan fingerprint density at radius 2 is 2.00 bits per heavy atom. The predicted octanol–water partition coefficient (Wildman–Crippen LogP) is 1.85. The van der Waals surface area contributed by atoms with Gasteiger partial charge in [-0.25, -0.2) is 0 Å². The lowest BCUT2D eigenvalue weighted by Crippen LogP contribution is -2.03. The fourth-order valence-corrected chi connectivity index (χ4v) is 1.91. The Morgan fingerprint density at radius 3 is 2.53 bits per heavy atom. The van der Waals surface area contributed by atoms with Crippen molar-refractivity contribution < 1.29 is 0 Å². The van der Waals surface area contributed by atoms with E-state index in [2.05, 4.69) is 22.7 Å². The predicted molar refractivity (Wildman–Crippen MR) is 61.3 cm³/mol. The van der Waals surface area contributed by atoms with Crippen LogP contribution in [0.1, 0.15) is 11.3 Å². The van der Waals surface area contributed by atoms with Crippen molar-refractivity contribution in [3.05, 3.63) is 42.0 Å². The molecule has 15 heavy (non-hydrogen) atoms. The van der Waals surface area contributed by atoms with Crippen LogP contribution in [0, 0.1) is 6.92 Å². The van der Waals surface area contributed by atoms with Gasteiger partial charge >= 0.3 is 0 Å². The molecule has 0 saturated carbocycles. The minimum atomic E-state index is 0.577. The average molecular weight is 201 g/mol. The van der Waals surface area contributed by atoms with Crippen LogP contribution in [0.25, 0.3) is 11.1 Å². The summed E-state index contributed by atoms with van der Waals surface area (Å²) in [6.45, 7) is 2.69. The average Bonchev–Trinajstić information content (AvgIpc) is 2.55. The van der Waals surface area contributed by atoms with Crippen molar-refractivity contribution >= 4 is 0 Å². The molecule has 0 bridgehead atoms. The van der Waals surface area contributed by atoms with Gasteiger partial charge in [0, 0.05) is 43.4 Å². The van der Waals surface area contributed by atoms with E-state index in [1.54, 1.807) is 0 Å². The second-order valence-electron chi connectivity index (χ2n) is 3.67. The van der Waals surface area contributed by atoms with Crippen LogP contribution in [-0.2, 0) is 13.6 Å². The number of aryl methyl sites for hydroxylation is 1. The molecule has 3 nitrogen and oxygen atoms in total. The summed E-state index contributed by atoms with van der Waals surface area (Å²) in [6.07, 6.45) is 5.74. The van der Waals surface area contributed by atoms with E-state index in [-0.39, 0.29) is 0 Å². The summed E-state index contributed by atoms with van der Waals surface area (Å²) in [5.74, 6) is 0. The zero-order chi connectivity index (χ0) is 10.8. The fraction of sp³-hybridized carbons (Fsp3) is 0.250. The Kier molecular flexibility index (Phi) is 2.56. The van der Waals surface area contributed by atoms with E-state index in [1.807, 2.05) is 31.6 Å². The first kappa shape index (κ1) is 9.93. The van der Waals surface area contributed by atoms with Crippen molar-refractivity contribution in [3.63, 3.8) is 0 Å². The summed E-state index contributed by atoms with van der Waals surface area (Å²) >= 11 is 0. The van der Waals surface area contributed by atoms with Gasteiger partial charge in [-0.15, -0.1) is 0 Å². The summed E-state index contributed by atoms with van der Waals surface area (Å²) in [5, 5.41) is 0. The third-order valence-electron chi connectivity index (χ3n) is 2.77. The van der Waals surface area contributed by atoms with Gasteiger partial charge in [0.1, 0.15) is 0 Å². The molecule has 0 radical (unpaired) electrons. The highest BCUT2D eigenvalue weighted by molar-refractivity contribution is 5.67. The molecule has 0 aliphatic carbocycles. The molecule has 78 valence electrons. The topological polar surface area (TPSA) is 43.8 Å². The molecule has 0 spiro atoms. The van der Waals surface area contributed by atoms with Gasteiger partial charge in [0.15, 0.2) is 0 Å². The third kappa shape index (κ3) is 1.66. The van der Waals surface area contributed by atoms with Gasteiger partial charge in [-0.2, -0.15) is 0 Å². The Hall–Kier alpha value is -1.61. The molecule has 0 unspecified atom stereocenters. The zero-order valence-electron chi connectivity index (χ0n) is 9.07. The highest BCUT2D eigenvalue weighted by atomic mass is 14.9. The maximum absolute atomic E-state index is 5.71. The summed E-state index contributed by atoms with van der Waals surface area (Å²) in [5.41, 5.74) is 10.6. The molecule has 0 amide bonds. The first-order valence-electron chi connectivity index (χ1n) is 4.99. The van der Waals surface area contributed by atoms with Gasteiger partial charge in [-0.05, 0) is 30.2 Å². The van der Waals surface area contributed by atoms with Gasteiger partial charge in [-0.1, -0.05) is 0 Å². The lowest BCUT2D eigenvalue weighted by Gasteiger charge is -2.01. The van der Waals surface area contributed by atoms with Gasteiger partial charge in [0.05, 0.1) is 0 Å². The smallest absolute Gasteiger partial charge is 0.0345 e. The summed E-state index contributed by atoms with van der Waals surface area (Å²) < 4.78 is 2.09. The van der Waals surface area contributed by atoms with Gasteiger partial charge in [0.2, 0.25) is 0 Å². The van der Waals surface area contributed by atoms with Gasteiger partial charge < -0.3 is 10.3 Å². The van der Waals surface area contributed by atoms with E-state index in [1.165, 1.54) is 22.4 Å². The molecule has 2 heterocycles. The normalized spacial score (nSPS) is 10.6. The SMILES string of the molecule is Cc1c(-c2ccncc2)cn(C)c1CN. The van der Waals surface area contributed by atoms with Crippen molar-refractivity contribution in [2.24, 2.45) is 12.8 Å². The number of rotatable bonds is 2. The Bertz CT molecular complexity index is 457. The second kappa shape index (κ2) is 3.87. The molecule has 0 aliphatic heterocycles. The maximum Gasteiger partial charge on any atom is 0.0345 e. The first-order valence-corrected chi connectivity index (χ1v) is 4.99. The standard InChI is InChI=1S/C12H15N3/c1-9-11(8-15(2)12(9)7-13)10-3-5-14-6-4-10/h3-6,8H,7,13H2,1-2H3. The maximum atomic E-state index is 5.71. The monoisotopic (exact) mass is 201 g/mol. The fourth-order valence-electron chi connectivity index (χ4n) is 1.91. The van der Waals surface area contributed by atoms with E-state index in [0.717, 1.165) is 0 Å². The minimum Gasteiger partial charge on any atom is -0.352 e. The quantitative estimate of drug-likeness (QED) is 0.806. The highest BCUT2D eigenvalue weighted by Gasteiger charge is 2.09. The van der Waals surface area contributed by atoms with Crippen LogP contribution in [0.5, 0.6) is 0 Å². The number of pyridine rings is 1. The summed E-state index contributed by atoms with van der Waals surface area (Å²) in [7, 11) is 2.03. The van der Waals surface area contributed by atoms with Crippen LogP contribution in [-0.4, -0.2) is 9.55 Å². The number of hydrogen-bond acceptors (Lipinski definition) is 2. The summed E-state index contributed by atoms with van der Waals surface area (Å²) in [4.78, 5) is 4.02. The number of nitrogens with two attached hydrogens (primary N) is 1. The van der Waals surface area contributed by atoms with Crippen molar-refractivity contribution in [2.45, 2.75) is 13.5 Å². The number of hydrogen-bond donors (Lipinski definition) is 1. The van der Waals surface area contributed by atoms with Crippen molar-refractivity contribution in [3.8, 4) is 11.1 Å². The van der Waals surface area contributed by atoms with E-state index >= 15 is 0 Å². The van der Waals surface area contributed by atoms with Crippen LogP contribution >= 0.6 is 0 Å². The highest BCUT2D eigenvalue weighted by Crippen LogP contribution is 2.26. The van der Waals surface area contributed by atoms with Crippen LogP contribution < -0.4 is 5.73 Å². The molecule has 0 atom stereocenters. The van der Waals surface area contributed by atoms with Crippen LogP contribution in [0.15, 0.2) is 30.7 Å².